The Bertz CT molecular complexity index is 176. The van der Waals surface area contributed by atoms with Crippen molar-refractivity contribution >= 4 is 11.8 Å². The molecule has 14 heavy (non-hydrogen) atoms. The molecule has 4 heteroatoms. The molecule has 0 aliphatic carbocycles. The molecular formula is C10H21NO2S. The summed E-state index contributed by atoms with van der Waals surface area (Å²) in [5.74, 6) is 0.961. The van der Waals surface area contributed by atoms with E-state index in [0.717, 1.165) is 25.2 Å². The van der Waals surface area contributed by atoms with E-state index < -0.39 is 5.60 Å². The molecule has 0 aromatic rings. The SMILES string of the molecule is CC1OCCC1SCCC(C)(O)CN. The molecule has 0 spiro atoms. The van der Waals surface area contributed by atoms with Crippen LogP contribution in [0.15, 0.2) is 0 Å². The molecule has 0 radical (unpaired) electrons. The summed E-state index contributed by atoms with van der Waals surface area (Å²) in [6.07, 6.45) is 2.26. The molecule has 1 aliphatic heterocycles. The fourth-order valence-electron chi connectivity index (χ4n) is 1.46. The summed E-state index contributed by atoms with van der Waals surface area (Å²) in [6, 6.07) is 0. The minimum atomic E-state index is -0.699. The van der Waals surface area contributed by atoms with E-state index in [1.807, 2.05) is 11.8 Å². The van der Waals surface area contributed by atoms with Gasteiger partial charge in [-0.3, -0.25) is 0 Å². The topological polar surface area (TPSA) is 55.5 Å². The van der Waals surface area contributed by atoms with E-state index in [4.69, 9.17) is 10.5 Å². The molecule has 84 valence electrons. The van der Waals surface area contributed by atoms with E-state index in [9.17, 15) is 5.11 Å². The highest BCUT2D eigenvalue weighted by Crippen LogP contribution is 2.27. The largest absolute Gasteiger partial charge is 0.389 e. The number of aliphatic hydroxyl groups is 1. The van der Waals surface area contributed by atoms with Crippen LogP contribution in [0.5, 0.6) is 0 Å². The Labute approximate surface area is 90.4 Å². The molecule has 1 saturated heterocycles. The van der Waals surface area contributed by atoms with Gasteiger partial charge in [0, 0.05) is 18.4 Å². The predicted octanol–water partition coefficient (Wildman–Crippen LogP) is 0.997. The molecule has 1 heterocycles. The average Bonchev–Trinajstić information content (AvgIpc) is 2.52. The van der Waals surface area contributed by atoms with Gasteiger partial charge in [0.15, 0.2) is 0 Å². The van der Waals surface area contributed by atoms with Crippen LogP contribution in [0.4, 0.5) is 0 Å². The Morgan fingerprint density at radius 1 is 1.64 bits per heavy atom. The first-order valence-electron chi connectivity index (χ1n) is 5.21. The molecular weight excluding hydrogens is 198 g/mol. The van der Waals surface area contributed by atoms with E-state index in [2.05, 4.69) is 6.92 Å². The maximum atomic E-state index is 9.69. The molecule has 1 rings (SSSR count). The van der Waals surface area contributed by atoms with Crippen molar-refractivity contribution in [2.45, 2.75) is 43.6 Å². The highest BCUT2D eigenvalue weighted by atomic mass is 32.2. The minimum absolute atomic E-state index is 0.338. The zero-order valence-corrected chi connectivity index (χ0v) is 9.85. The molecule has 3 atom stereocenters. The van der Waals surface area contributed by atoms with Crippen LogP contribution in [-0.2, 0) is 4.74 Å². The van der Waals surface area contributed by atoms with E-state index in [0.29, 0.717) is 17.9 Å². The van der Waals surface area contributed by atoms with Crippen molar-refractivity contribution in [1.29, 1.82) is 0 Å². The molecule has 1 fully saturated rings. The summed E-state index contributed by atoms with van der Waals surface area (Å²) in [6.45, 7) is 5.13. The van der Waals surface area contributed by atoms with Crippen LogP contribution in [-0.4, -0.2) is 41.0 Å². The lowest BCUT2D eigenvalue weighted by Gasteiger charge is -2.22. The van der Waals surface area contributed by atoms with Crippen molar-refractivity contribution in [3.63, 3.8) is 0 Å². The van der Waals surface area contributed by atoms with Crippen LogP contribution < -0.4 is 5.73 Å². The molecule has 0 saturated carbocycles. The highest BCUT2D eigenvalue weighted by molar-refractivity contribution is 7.99. The number of thioether (sulfide) groups is 1. The summed E-state index contributed by atoms with van der Waals surface area (Å²) in [4.78, 5) is 0. The Morgan fingerprint density at radius 3 is 2.86 bits per heavy atom. The van der Waals surface area contributed by atoms with E-state index in [1.54, 1.807) is 6.92 Å². The van der Waals surface area contributed by atoms with Gasteiger partial charge in [-0.25, -0.2) is 0 Å². The fraction of sp³-hybridized carbons (Fsp3) is 1.00. The zero-order chi connectivity index (χ0) is 10.6. The second-order valence-corrected chi connectivity index (χ2v) is 5.57. The third-order valence-electron chi connectivity index (χ3n) is 2.72. The Balaban J connectivity index is 2.15. The van der Waals surface area contributed by atoms with Gasteiger partial charge in [-0.05, 0) is 32.4 Å². The lowest BCUT2D eigenvalue weighted by atomic mass is 10.1. The van der Waals surface area contributed by atoms with Crippen molar-refractivity contribution < 1.29 is 9.84 Å². The molecule has 3 unspecified atom stereocenters. The maximum absolute atomic E-state index is 9.69. The van der Waals surface area contributed by atoms with Crippen LogP contribution in [0.25, 0.3) is 0 Å². The smallest absolute Gasteiger partial charge is 0.0749 e. The van der Waals surface area contributed by atoms with Crippen LogP contribution in [0.2, 0.25) is 0 Å². The summed E-state index contributed by atoms with van der Waals surface area (Å²) in [5, 5.41) is 10.3. The number of hydrogen-bond acceptors (Lipinski definition) is 4. The van der Waals surface area contributed by atoms with E-state index in [1.165, 1.54) is 0 Å². The third kappa shape index (κ3) is 3.77. The number of hydrogen-bond donors (Lipinski definition) is 2. The fourth-order valence-corrected chi connectivity index (χ4v) is 2.94. The van der Waals surface area contributed by atoms with Crippen LogP contribution >= 0.6 is 11.8 Å². The average molecular weight is 219 g/mol. The predicted molar refractivity (Wildman–Crippen MR) is 60.6 cm³/mol. The normalized spacial score (nSPS) is 31.7. The molecule has 0 amide bonds. The molecule has 0 bridgehead atoms. The van der Waals surface area contributed by atoms with Gasteiger partial charge in [0.2, 0.25) is 0 Å². The maximum Gasteiger partial charge on any atom is 0.0749 e. The highest BCUT2D eigenvalue weighted by Gasteiger charge is 2.25. The van der Waals surface area contributed by atoms with E-state index >= 15 is 0 Å². The lowest BCUT2D eigenvalue weighted by molar-refractivity contribution is 0.0664. The van der Waals surface area contributed by atoms with Gasteiger partial charge < -0.3 is 15.6 Å². The Kier molecular flexibility index (Phi) is 4.70. The summed E-state index contributed by atoms with van der Waals surface area (Å²) in [5.41, 5.74) is 4.75. The van der Waals surface area contributed by atoms with E-state index in [-0.39, 0.29) is 0 Å². The lowest BCUT2D eigenvalue weighted by Crippen LogP contribution is -2.34. The molecule has 0 aromatic carbocycles. The standard InChI is InChI=1S/C10H21NO2S/c1-8-9(3-5-13-8)14-6-4-10(2,12)7-11/h8-9,12H,3-7,11H2,1-2H3. The van der Waals surface area contributed by atoms with Gasteiger partial charge in [-0.2, -0.15) is 11.8 Å². The van der Waals surface area contributed by atoms with Crippen molar-refractivity contribution in [3.05, 3.63) is 0 Å². The minimum Gasteiger partial charge on any atom is -0.389 e. The van der Waals surface area contributed by atoms with Gasteiger partial charge in [0.1, 0.15) is 0 Å². The monoisotopic (exact) mass is 219 g/mol. The van der Waals surface area contributed by atoms with Crippen molar-refractivity contribution in [3.8, 4) is 0 Å². The quantitative estimate of drug-likeness (QED) is 0.724. The molecule has 3 N–H and O–H groups in total. The van der Waals surface area contributed by atoms with Crippen molar-refractivity contribution in [1.82, 2.24) is 0 Å². The number of ether oxygens (including phenoxy) is 1. The first-order chi connectivity index (χ1) is 6.55. The van der Waals surface area contributed by atoms with Gasteiger partial charge >= 0.3 is 0 Å². The Hall–Kier alpha value is 0.230. The summed E-state index contributed by atoms with van der Waals surface area (Å²) >= 11 is 1.89. The number of rotatable bonds is 5. The van der Waals surface area contributed by atoms with Gasteiger partial charge in [-0.1, -0.05) is 0 Å². The van der Waals surface area contributed by atoms with Crippen LogP contribution in [0.3, 0.4) is 0 Å². The number of nitrogens with two attached hydrogens (primary N) is 1. The van der Waals surface area contributed by atoms with Crippen molar-refractivity contribution in [2.75, 3.05) is 18.9 Å². The van der Waals surface area contributed by atoms with Crippen LogP contribution in [0.1, 0.15) is 26.7 Å². The van der Waals surface area contributed by atoms with Gasteiger partial charge in [0.25, 0.3) is 0 Å². The second-order valence-electron chi connectivity index (χ2n) is 4.22. The van der Waals surface area contributed by atoms with Gasteiger partial charge in [-0.15, -0.1) is 0 Å². The molecule has 3 nitrogen and oxygen atoms in total. The summed E-state index contributed by atoms with van der Waals surface area (Å²) in [7, 11) is 0. The van der Waals surface area contributed by atoms with Gasteiger partial charge in [0.05, 0.1) is 11.7 Å². The van der Waals surface area contributed by atoms with Crippen LogP contribution in [0, 0.1) is 0 Å². The third-order valence-corrected chi connectivity index (χ3v) is 4.21. The molecule has 1 aliphatic rings. The zero-order valence-electron chi connectivity index (χ0n) is 9.03. The molecule has 0 aromatic heterocycles. The first kappa shape index (κ1) is 12.3. The first-order valence-corrected chi connectivity index (χ1v) is 6.26. The summed E-state index contributed by atoms with van der Waals surface area (Å²) < 4.78 is 5.47. The van der Waals surface area contributed by atoms with Crippen molar-refractivity contribution in [2.24, 2.45) is 5.73 Å². The second kappa shape index (κ2) is 5.35. The Morgan fingerprint density at radius 2 is 2.36 bits per heavy atom.